The number of hydrogen-bond acceptors (Lipinski definition) is 1. The van der Waals surface area contributed by atoms with E-state index in [4.69, 9.17) is 27.9 Å². The van der Waals surface area contributed by atoms with Crippen molar-refractivity contribution in [1.29, 1.82) is 0 Å². The number of halogens is 2. The lowest BCUT2D eigenvalue weighted by atomic mass is 10.2. The van der Waals surface area contributed by atoms with E-state index < -0.39 is 0 Å². The molecule has 0 amide bonds. The summed E-state index contributed by atoms with van der Waals surface area (Å²) < 4.78 is 5.59. The lowest BCUT2D eigenvalue weighted by Crippen LogP contribution is -1.96. The minimum Gasteiger partial charge on any atom is -0.377 e. The van der Waals surface area contributed by atoms with Crippen molar-refractivity contribution < 1.29 is 4.74 Å². The van der Waals surface area contributed by atoms with E-state index in [1.54, 1.807) is 6.07 Å². The van der Waals surface area contributed by atoms with Gasteiger partial charge in [-0.05, 0) is 24.1 Å². The summed E-state index contributed by atoms with van der Waals surface area (Å²) >= 11 is 11.9. The Morgan fingerprint density at radius 3 is 2.53 bits per heavy atom. The van der Waals surface area contributed by atoms with Crippen LogP contribution in [0.25, 0.3) is 0 Å². The third-order valence-electron chi connectivity index (χ3n) is 2.66. The van der Waals surface area contributed by atoms with Gasteiger partial charge in [0.1, 0.15) is 0 Å². The highest BCUT2D eigenvalue weighted by Crippen LogP contribution is 2.21. The summed E-state index contributed by atoms with van der Waals surface area (Å²) in [6.45, 7) is 3.60. The number of hydrogen-bond donors (Lipinski definition) is 0. The molecule has 0 N–H and O–H groups in total. The molecule has 0 aliphatic carbocycles. The van der Waals surface area contributed by atoms with Crippen LogP contribution < -0.4 is 0 Å². The van der Waals surface area contributed by atoms with Gasteiger partial charge in [0.15, 0.2) is 0 Å². The topological polar surface area (TPSA) is 9.23 Å². The van der Waals surface area contributed by atoms with Crippen LogP contribution in [0.1, 0.15) is 44.6 Å². The van der Waals surface area contributed by atoms with Gasteiger partial charge in [-0.1, -0.05) is 61.9 Å². The molecule has 17 heavy (non-hydrogen) atoms. The molecule has 0 aromatic heterocycles. The van der Waals surface area contributed by atoms with Crippen molar-refractivity contribution in [2.24, 2.45) is 0 Å². The first kappa shape index (κ1) is 14.8. The van der Waals surface area contributed by atoms with Crippen molar-refractivity contribution in [3.63, 3.8) is 0 Å². The average Bonchev–Trinajstić information content (AvgIpc) is 2.30. The Labute approximate surface area is 114 Å². The van der Waals surface area contributed by atoms with E-state index in [1.165, 1.54) is 25.7 Å². The molecule has 1 aromatic rings. The van der Waals surface area contributed by atoms with Crippen LogP contribution in [-0.4, -0.2) is 6.61 Å². The van der Waals surface area contributed by atoms with E-state index in [0.717, 1.165) is 18.6 Å². The lowest BCUT2D eigenvalue weighted by molar-refractivity contribution is 0.117. The summed E-state index contributed by atoms with van der Waals surface area (Å²) in [6, 6.07) is 5.51. The van der Waals surface area contributed by atoms with Crippen LogP contribution in [0.2, 0.25) is 10.0 Å². The first-order chi connectivity index (χ1) is 8.24. The van der Waals surface area contributed by atoms with Crippen LogP contribution in [0.5, 0.6) is 0 Å². The van der Waals surface area contributed by atoms with Gasteiger partial charge in [-0.2, -0.15) is 0 Å². The maximum absolute atomic E-state index is 6.05. The molecule has 1 aromatic carbocycles. The minimum atomic E-state index is 0.573. The van der Waals surface area contributed by atoms with Crippen molar-refractivity contribution in [3.8, 4) is 0 Å². The smallest absolute Gasteiger partial charge is 0.0731 e. The monoisotopic (exact) mass is 274 g/mol. The first-order valence-electron chi connectivity index (χ1n) is 6.25. The molecule has 0 fully saturated rings. The maximum Gasteiger partial charge on any atom is 0.0731 e. The molecule has 0 saturated heterocycles. The number of unbranched alkanes of at least 4 members (excludes halogenated alkanes) is 4. The first-order valence-corrected chi connectivity index (χ1v) is 7.01. The highest BCUT2D eigenvalue weighted by molar-refractivity contribution is 6.35. The summed E-state index contributed by atoms with van der Waals surface area (Å²) in [4.78, 5) is 0. The third kappa shape index (κ3) is 6.30. The summed E-state index contributed by atoms with van der Waals surface area (Å²) in [7, 11) is 0. The highest BCUT2D eigenvalue weighted by Gasteiger charge is 2.01. The summed E-state index contributed by atoms with van der Waals surface area (Å²) in [5.41, 5.74) is 1.00. The van der Waals surface area contributed by atoms with Gasteiger partial charge in [-0.25, -0.2) is 0 Å². The van der Waals surface area contributed by atoms with E-state index >= 15 is 0 Å². The van der Waals surface area contributed by atoms with Gasteiger partial charge in [0.05, 0.1) is 6.61 Å². The minimum absolute atomic E-state index is 0.573. The van der Waals surface area contributed by atoms with Crippen LogP contribution in [0.3, 0.4) is 0 Å². The Balaban J connectivity index is 2.14. The van der Waals surface area contributed by atoms with Gasteiger partial charge in [0.2, 0.25) is 0 Å². The van der Waals surface area contributed by atoms with Crippen LogP contribution in [0, 0.1) is 0 Å². The third-order valence-corrected chi connectivity index (χ3v) is 3.25. The van der Waals surface area contributed by atoms with Gasteiger partial charge < -0.3 is 4.74 Å². The Morgan fingerprint density at radius 2 is 1.82 bits per heavy atom. The number of rotatable bonds is 8. The SMILES string of the molecule is CCCCCCCOCc1ccc(Cl)cc1Cl. The van der Waals surface area contributed by atoms with Gasteiger partial charge in [-0.15, -0.1) is 0 Å². The highest BCUT2D eigenvalue weighted by atomic mass is 35.5. The molecular formula is C14H20Cl2O. The molecule has 1 rings (SSSR count). The number of ether oxygens (including phenoxy) is 1. The van der Waals surface area contributed by atoms with E-state index in [1.807, 2.05) is 12.1 Å². The second-order valence-corrected chi connectivity index (χ2v) is 5.05. The van der Waals surface area contributed by atoms with Gasteiger partial charge >= 0.3 is 0 Å². The van der Waals surface area contributed by atoms with Crippen LogP contribution in [0.4, 0.5) is 0 Å². The molecule has 3 heteroatoms. The zero-order chi connectivity index (χ0) is 12.5. The predicted molar refractivity (Wildman–Crippen MR) is 74.9 cm³/mol. The summed E-state index contributed by atoms with van der Waals surface area (Å²) in [5, 5.41) is 1.35. The molecule has 96 valence electrons. The van der Waals surface area contributed by atoms with Crippen molar-refractivity contribution in [2.75, 3.05) is 6.61 Å². The zero-order valence-corrected chi connectivity index (χ0v) is 11.9. The van der Waals surface area contributed by atoms with Crippen LogP contribution >= 0.6 is 23.2 Å². The molecule has 0 atom stereocenters. The normalized spacial score (nSPS) is 10.8. The maximum atomic E-state index is 6.05. The Hall–Kier alpha value is -0.240. The van der Waals surface area contributed by atoms with Crippen LogP contribution in [-0.2, 0) is 11.3 Å². The Kier molecular flexibility index (Phi) is 7.67. The van der Waals surface area contributed by atoms with E-state index in [-0.39, 0.29) is 0 Å². The van der Waals surface area contributed by atoms with Crippen molar-refractivity contribution in [3.05, 3.63) is 33.8 Å². The molecule has 0 aliphatic heterocycles. The van der Waals surface area contributed by atoms with Crippen molar-refractivity contribution in [2.45, 2.75) is 45.6 Å². The van der Waals surface area contributed by atoms with E-state index in [2.05, 4.69) is 6.92 Å². The molecule has 0 bridgehead atoms. The lowest BCUT2D eigenvalue weighted by Gasteiger charge is -2.06. The molecule has 0 saturated carbocycles. The molecule has 0 unspecified atom stereocenters. The molecule has 0 radical (unpaired) electrons. The zero-order valence-electron chi connectivity index (χ0n) is 10.3. The molecule has 0 heterocycles. The standard InChI is InChI=1S/C14H20Cl2O/c1-2-3-4-5-6-9-17-11-12-7-8-13(15)10-14(12)16/h7-8,10H,2-6,9,11H2,1H3. The van der Waals surface area contributed by atoms with E-state index in [9.17, 15) is 0 Å². The molecular weight excluding hydrogens is 255 g/mol. The molecule has 1 nitrogen and oxygen atoms in total. The van der Waals surface area contributed by atoms with E-state index in [0.29, 0.717) is 16.7 Å². The predicted octanol–water partition coefficient (Wildman–Crippen LogP) is 5.48. The fourth-order valence-electron chi connectivity index (χ4n) is 1.63. The van der Waals surface area contributed by atoms with Crippen LogP contribution in [0.15, 0.2) is 18.2 Å². The molecule has 0 aliphatic rings. The fraction of sp³-hybridized carbons (Fsp3) is 0.571. The summed E-state index contributed by atoms with van der Waals surface area (Å²) in [6.07, 6.45) is 6.29. The second kappa shape index (κ2) is 8.79. The van der Waals surface area contributed by atoms with Gasteiger partial charge in [-0.3, -0.25) is 0 Å². The number of benzene rings is 1. The second-order valence-electron chi connectivity index (χ2n) is 4.20. The van der Waals surface area contributed by atoms with Gasteiger partial charge in [0, 0.05) is 16.7 Å². The van der Waals surface area contributed by atoms with Crippen molar-refractivity contribution in [1.82, 2.24) is 0 Å². The largest absolute Gasteiger partial charge is 0.377 e. The Morgan fingerprint density at radius 1 is 1.06 bits per heavy atom. The summed E-state index contributed by atoms with van der Waals surface area (Å²) in [5.74, 6) is 0. The fourth-order valence-corrected chi connectivity index (χ4v) is 2.09. The quantitative estimate of drug-likeness (QED) is 0.571. The average molecular weight is 275 g/mol. The Bertz CT molecular complexity index is 326. The van der Waals surface area contributed by atoms with Gasteiger partial charge in [0.25, 0.3) is 0 Å². The van der Waals surface area contributed by atoms with Crippen molar-refractivity contribution >= 4 is 23.2 Å². The molecule has 0 spiro atoms.